The number of rotatable bonds is 3. The smallest absolute Gasteiger partial charge is 0.275 e. The molecule has 1 aromatic carbocycles. The first-order valence-corrected chi connectivity index (χ1v) is 9.79. The number of ether oxygens (including phenoxy) is 2. The number of benzene rings is 1. The second-order valence-corrected chi connectivity index (χ2v) is 7.38. The van der Waals surface area contributed by atoms with E-state index in [0.717, 1.165) is 17.0 Å². The van der Waals surface area contributed by atoms with Crippen molar-refractivity contribution in [1.29, 1.82) is 0 Å². The van der Waals surface area contributed by atoms with Crippen LogP contribution in [0.1, 0.15) is 16.9 Å². The van der Waals surface area contributed by atoms with E-state index in [4.69, 9.17) is 21.1 Å². The maximum atomic E-state index is 12.5. The lowest BCUT2D eigenvalue weighted by molar-refractivity contribution is 0.102. The summed E-state index contributed by atoms with van der Waals surface area (Å²) in [6, 6.07) is 5.33. The molecule has 0 saturated carbocycles. The summed E-state index contributed by atoms with van der Waals surface area (Å²) >= 11 is 9.29. The standard InChI is InChI=1S/C17H13ClN2O3S2/c18-11-6-14-15(23-4-1-3-22-14)7-12(11)19-16(21)13-9-25-17(20-13)10-2-5-24-8-10/h2,5-9H,1,3-4H2,(H,19,21). The molecule has 0 unspecified atom stereocenters. The maximum Gasteiger partial charge on any atom is 0.275 e. The summed E-state index contributed by atoms with van der Waals surface area (Å²) < 4.78 is 11.2. The zero-order valence-corrected chi connectivity index (χ0v) is 15.3. The minimum Gasteiger partial charge on any atom is -0.490 e. The van der Waals surface area contributed by atoms with Gasteiger partial charge in [-0.3, -0.25) is 4.79 Å². The van der Waals surface area contributed by atoms with Crippen LogP contribution in [-0.4, -0.2) is 24.1 Å². The van der Waals surface area contributed by atoms with E-state index in [-0.39, 0.29) is 5.91 Å². The van der Waals surface area contributed by atoms with Crippen LogP contribution in [0.5, 0.6) is 11.5 Å². The summed E-state index contributed by atoms with van der Waals surface area (Å²) in [5.41, 5.74) is 1.85. The highest BCUT2D eigenvalue weighted by molar-refractivity contribution is 7.14. The molecule has 1 N–H and O–H groups in total. The minimum absolute atomic E-state index is 0.311. The van der Waals surface area contributed by atoms with Gasteiger partial charge in [0.15, 0.2) is 11.5 Å². The van der Waals surface area contributed by atoms with Gasteiger partial charge in [-0.1, -0.05) is 11.6 Å². The maximum absolute atomic E-state index is 12.5. The highest BCUT2D eigenvalue weighted by atomic mass is 35.5. The molecule has 128 valence electrons. The van der Waals surface area contributed by atoms with E-state index >= 15 is 0 Å². The van der Waals surface area contributed by atoms with Crippen molar-refractivity contribution in [2.45, 2.75) is 6.42 Å². The van der Waals surface area contributed by atoms with Crippen molar-refractivity contribution in [3.05, 3.63) is 45.1 Å². The van der Waals surface area contributed by atoms with Gasteiger partial charge in [-0.2, -0.15) is 11.3 Å². The van der Waals surface area contributed by atoms with Gasteiger partial charge < -0.3 is 14.8 Å². The van der Waals surface area contributed by atoms with Gasteiger partial charge in [0.25, 0.3) is 5.91 Å². The number of fused-ring (bicyclic) bond motifs is 1. The van der Waals surface area contributed by atoms with Crippen molar-refractivity contribution in [3.8, 4) is 22.1 Å². The Balaban J connectivity index is 1.56. The van der Waals surface area contributed by atoms with Crippen LogP contribution < -0.4 is 14.8 Å². The van der Waals surface area contributed by atoms with Gasteiger partial charge in [0.1, 0.15) is 10.7 Å². The van der Waals surface area contributed by atoms with Crippen molar-refractivity contribution < 1.29 is 14.3 Å². The Morgan fingerprint density at radius 3 is 2.76 bits per heavy atom. The fourth-order valence-electron chi connectivity index (χ4n) is 2.36. The number of carbonyl (C=O) groups excluding carboxylic acids is 1. The second kappa shape index (κ2) is 7.03. The molecular weight excluding hydrogens is 380 g/mol. The van der Waals surface area contributed by atoms with Crippen LogP contribution in [0.4, 0.5) is 5.69 Å². The molecule has 0 radical (unpaired) electrons. The van der Waals surface area contributed by atoms with Crippen molar-refractivity contribution in [2.24, 2.45) is 0 Å². The average molecular weight is 393 g/mol. The average Bonchev–Trinajstić information content (AvgIpc) is 3.24. The topological polar surface area (TPSA) is 60.5 Å². The summed E-state index contributed by atoms with van der Waals surface area (Å²) in [5.74, 6) is 0.859. The summed E-state index contributed by atoms with van der Waals surface area (Å²) in [4.78, 5) is 16.9. The number of thiazole rings is 1. The number of hydrogen-bond acceptors (Lipinski definition) is 6. The van der Waals surface area contributed by atoms with Crippen LogP contribution in [0.3, 0.4) is 0 Å². The first-order valence-electron chi connectivity index (χ1n) is 7.59. The molecule has 0 fully saturated rings. The van der Waals surface area contributed by atoms with E-state index < -0.39 is 0 Å². The van der Waals surface area contributed by atoms with E-state index in [9.17, 15) is 4.79 Å². The molecule has 0 aliphatic carbocycles. The third-order valence-corrected chi connectivity index (χ3v) is 5.48. The highest BCUT2D eigenvalue weighted by Crippen LogP contribution is 2.38. The van der Waals surface area contributed by atoms with Crippen molar-refractivity contribution >= 4 is 45.9 Å². The van der Waals surface area contributed by atoms with Gasteiger partial charge in [-0.25, -0.2) is 4.98 Å². The monoisotopic (exact) mass is 392 g/mol. The number of anilines is 1. The van der Waals surface area contributed by atoms with Crippen molar-refractivity contribution in [2.75, 3.05) is 18.5 Å². The predicted octanol–water partition coefficient (Wildman–Crippen LogP) is 4.94. The Morgan fingerprint density at radius 1 is 1.20 bits per heavy atom. The third kappa shape index (κ3) is 3.49. The first kappa shape index (κ1) is 16.4. The highest BCUT2D eigenvalue weighted by Gasteiger charge is 2.18. The molecule has 1 aliphatic rings. The zero-order chi connectivity index (χ0) is 17.2. The van der Waals surface area contributed by atoms with Crippen LogP contribution in [0.25, 0.3) is 10.6 Å². The van der Waals surface area contributed by atoms with Gasteiger partial charge in [0.2, 0.25) is 0 Å². The SMILES string of the molecule is O=C(Nc1cc2c(cc1Cl)OCCCO2)c1csc(-c2ccsc2)n1. The van der Waals surface area contributed by atoms with E-state index in [1.165, 1.54) is 11.3 Å². The Labute approximate surface area is 157 Å². The van der Waals surface area contributed by atoms with E-state index in [2.05, 4.69) is 10.3 Å². The van der Waals surface area contributed by atoms with Gasteiger partial charge in [0.05, 0.1) is 23.9 Å². The third-order valence-electron chi connectivity index (χ3n) is 3.59. The summed E-state index contributed by atoms with van der Waals surface area (Å²) in [7, 11) is 0. The Hall–Kier alpha value is -2.09. The van der Waals surface area contributed by atoms with Gasteiger partial charge in [-0.15, -0.1) is 11.3 Å². The molecule has 5 nitrogen and oxygen atoms in total. The number of thiophene rings is 1. The lowest BCUT2D eigenvalue weighted by Gasteiger charge is -2.12. The minimum atomic E-state index is -0.311. The molecule has 4 rings (SSSR count). The van der Waals surface area contributed by atoms with E-state index in [1.54, 1.807) is 28.8 Å². The number of aromatic nitrogens is 1. The van der Waals surface area contributed by atoms with Gasteiger partial charge >= 0.3 is 0 Å². The number of nitrogens with zero attached hydrogens (tertiary/aromatic N) is 1. The van der Waals surface area contributed by atoms with Gasteiger partial charge in [0, 0.05) is 34.9 Å². The van der Waals surface area contributed by atoms with Crippen LogP contribution in [0, 0.1) is 0 Å². The molecule has 8 heteroatoms. The Kier molecular flexibility index (Phi) is 4.61. The number of hydrogen-bond donors (Lipinski definition) is 1. The first-order chi connectivity index (χ1) is 12.2. The predicted molar refractivity (Wildman–Crippen MR) is 100 cm³/mol. The van der Waals surface area contributed by atoms with Crippen molar-refractivity contribution in [1.82, 2.24) is 4.98 Å². The molecule has 0 spiro atoms. The largest absolute Gasteiger partial charge is 0.490 e. The molecule has 3 aromatic rings. The Bertz CT molecular complexity index is 909. The molecule has 2 aromatic heterocycles. The molecular formula is C17H13ClN2O3S2. The van der Waals surface area contributed by atoms with Crippen LogP contribution in [0.15, 0.2) is 34.3 Å². The van der Waals surface area contributed by atoms with E-state index in [1.807, 2.05) is 16.8 Å². The van der Waals surface area contributed by atoms with Crippen molar-refractivity contribution in [3.63, 3.8) is 0 Å². The number of halogens is 1. The number of carbonyl (C=O) groups is 1. The molecule has 3 heterocycles. The van der Waals surface area contributed by atoms with E-state index in [0.29, 0.717) is 41.1 Å². The molecule has 0 saturated heterocycles. The molecule has 0 bridgehead atoms. The zero-order valence-electron chi connectivity index (χ0n) is 13.0. The lowest BCUT2D eigenvalue weighted by Crippen LogP contribution is -2.12. The summed E-state index contributed by atoms with van der Waals surface area (Å²) in [5, 5.41) is 9.72. The molecule has 1 amide bonds. The number of amides is 1. The molecule has 0 atom stereocenters. The molecule has 25 heavy (non-hydrogen) atoms. The quantitative estimate of drug-likeness (QED) is 0.685. The van der Waals surface area contributed by atoms with Crippen LogP contribution >= 0.6 is 34.3 Å². The Morgan fingerprint density at radius 2 is 2.00 bits per heavy atom. The summed E-state index contributed by atoms with van der Waals surface area (Å²) in [6.07, 6.45) is 0.804. The lowest BCUT2D eigenvalue weighted by atomic mass is 10.2. The van der Waals surface area contributed by atoms with Crippen LogP contribution in [0.2, 0.25) is 5.02 Å². The van der Waals surface area contributed by atoms with Gasteiger partial charge in [-0.05, 0) is 11.4 Å². The van der Waals surface area contributed by atoms with Crippen LogP contribution in [-0.2, 0) is 0 Å². The number of nitrogens with one attached hydrogen (secondary N) is 1. The molecule has 1 aliphatic heterocycles. The summed E-state index contributed by atoms with van der Waals surface area (Å²) in [6.45, 7) is 1.15. The second-order valence-electron chi connectivity index (χ2n) is 5.33. The normalized spacial score (nSPS) is 13.3. The fourth-order valence-corrected chi connectivity index (χ4v) is 4.08. The fraction of sp³-hybridized carbons (Fsp3) is 0.176.